The van der Waals surface area contributed by atoms with Gasteiger partial charge >= 0.3 is 0 Å². The summed E-state index contributed by atoms with van der Waals surface area (Å²) in [4.78, 5) is 4.41. The van der Waals surface area contributed by atoms with Gasteiger partial charge in [-0.25, -0.2) is 4.99 Å². The van der Waals surface area contributed by atoms with E-state index in [2.05, 4.69) is 4.99 Å². The molecule has 0 aliphatic rings. The minimum atomic E-state index is -3.42. The molecule has 6 heteroatoms. The maximum Gasteiger partial charge on any atom is 0.190 e. The Balaban J connectivity index is 2.24. The van der Waals surface area contributed by atoms with Crippen molar-refractivity contribution >= 4 is 57.7 Å². The molecule has 136 valence electrons. The molecule has 27 heavy (non-hydrogen) atoms. The monoisotopic (exact) mass is 433 g/mol. The molecule has 0 bridgehead atoms. The lowest BCUT2D eigenvalue weighted by molar-refractivity contribution is 0.590. The third-order valence-electron chi connectivity index (χ3n) is 3.92. The van der Waals surface area contributed by atoms with Gasteiger partial charge in [0.1, 0.15) is 15.1 Å². The Hall–Kier alpha value is -1.83. The average Bonchev–Trinajstić information content (AvgIpc) is 2.73. The van der Waals surface area contributed by atoms with Crippen molar-refractivity contribution in [3.63, 3.8) is 0 Å². The van der Waals surface area contributed by atoms with E-state index >= 15 is 0 Å². The molecule has 2 nitrogen and oxygen atoms in total. The second-order valence-electron chi connectivity index (χ2n) is 5.63. The fraction of sp³-hybridized carbons (Fsp3) is 0. The highest BCUT2D eigenvalue weighted by Crippen LogP contribution is 2.55. The largest absolute Gasteiger partial charge is 0.307 e. The van der Waals surface area contributed by atoms with Crippen LogP contribution in [-0.4, -0.2) is 5.17 Å². The summed E-state index contributed by atoms with van der Waals surface area (Å²) in [6, 6.07) is 27.2. The summed E-state index contributed by atoms with van der Waals surface area (Å²) in [6.07, 6.45) is 0. The molecule has 0 saturated heterocycles. The molecule has 0 atom stereocenters. The summed E-state index contributed by atoms with van der Waals surface area (Å²) in [7, 11) is -3.42. The molecule has 3 rings (SSSR count). The Labute approximate surface area is 173 Å². The number of nitrogens with zero attached hydrogens (tertiary/aromatic N) is 1. The van der Waals surface area contributed by atoms with Crippen molar-refractivity contribution in [2.45, 2.75) is 0 Å². The van der Waals surface area contributed by atoms with Crippen LogP contribution in [0, 0.1) is 0 Å². The van der Waals surface area contributed by atoms with Gasteiger partial charge in [-0.3, -0.25) is 0 Å². The van der Waals surface area contributed by atoms with Crippen LogP contribution in [0.15, 0.2) is 106 Å². The van der Waals surface area contributed by atoms with E-state index in [0.29, 0.717) is 16.2 Å². The van der Waals surface area contributed by atoms with Crippen LogP contribution in [0.2, 0.25) is 0 Å². The van der Waals surface area contributed by atoms with Crippen LogP contribution in [0.4, 0.5) is 0 Å². The van der Waals surface area contributed by atoms with E-state index in [1.165, 1.54) is 0 Å². The summed E-state index contributed by atoms with van der Waals surface area (Å²) in [5.41, 5.74) is 0.732. The Morgan fingerprint density at radius 3 is 1.48 bits per heavy atom. The first-order chi connectivity index (χ1) is 13.0. The van der Waals surface area contributed by atoms with Gasteiger partial charge in [-0.1, -0.05) is 126 Å². The Morgan fingerprint density at radius 1 is 0.667 bits per heavy atom. The fourth-order valence-corrected chi connectivity index (χ4v) is 6.15. The van der Waals surface area contributed by atoms with Crippen LogP contribution < -0.4 is 10.6 Å². The molecule has 0 aromatic heterocycles. The molecule has 0 saturated carbocycles. The molecular weight excluding hydrogens is 420 g/mol. The van der Waals surface area contributed by atoms with Crippen LogP contribution in [0.25, 0.3) is 0 Å². The Morgan fingerprint density at radius 2 is 1.07 bits per heavy atom. The zero-order valence-electron chi connectivity index (χ0n) is 14.1. The van der Waals surface area contributed by atoms with Gasteiger partial charge < -0.3 is 4.57 Å². The number of hydrogen-bond acceptors (Lipinski definition) is 2. The first kappa shape index (κ1) is 19.9. The van der Waals surface area contributed by atoms with Gasteiger partial charge in [0, 0.05) is 16.2 Å². The molecule has 0 heterocycles. The van der Waals surface area contributed by atoms with Crippen LogP contribution in [-0.2, 0) is 4.57 Å². The lowest BCUT2D eigenvalue weighted by atomic mass is 10.2. The number of rotatable bonds is 5. The fourth-order valence-electron chi connectivity index (χ4n) is 2.63. The van der Waals surface area contributed by atoms with E-state index in [4.69, 9.17) is 34.8 Å². The second kappa shape index (κ2) is 8.91. The van der Waals surface area contributed by atoms with Gasteiger partial charge in [-0.15, -0.1) is 0 Å². The zero-order chi connectivity index (χ0) is 19.3. The van der Waals surface area contributed by atoms with E-state index in [0.717, 1.165) is 0 Å². The van der Waals surface area contributed by atoms with Crippen molar-refractivity contribution in [1.29, 1.82) is 0 Å². The van der Waals surface area contributed by atoms with Crippen molar-refractivity contribution in [2.75, 3.05) is 0 Å². The second-order valence-corrected chi connectivity index (χ2v) is 9.62. The van der Waals surface area contributed by atoms with Gasteiger partial charge in [0.2, 0.25) is 0 Å². The van der Waals surface area contributed by atoms with Crippen molar-refractivity contribution in [3.05, 3.63) is 106 Å². The standard InChI is InChI=1S/C21H15Cl3NOP/c22-19(23)21(25-20(24)16-10-4-1-5-11-16)27(26,17-12-6-2-7-13-17)18-14-8-3-9-15-18/h1-15H/b25-20-. The van der Waals surface area contributed by atoms with Crippen molar-refractivity contribution in [2.24, 2.45) is 4.99 Å². The van der Waals surface area contributed by atoms with Crippen molar-refractivity contribution in [3.8, 4) is 0 Å². The highest BCUT2D eigenvalue weighted by molar-refractivity contribution is 7.82. The van der Waals surface area contributed by atoms with Crippen LogP contribution in [0.1, 0.15) is 5.56 Å². The lowest BCUT2D eigenvalue weighted by Crippen LogP contribution is -2.17. The van der Waals surface area contributed by atoms with Crippen molar-refractivity contribution < 1.29 is 4.57 Å². The van der Waals surface area contributed by atoms with Gasteiger partial charge in [0.25, 0.3) is 0 Å². The molecular formula is C21H15Cl3NOP. The normalized spacial score (nSPS) is 11.9. The molecule has 3 aromatic rings. The van der Waals surface area contributed by atoms with Gasteiger partial charge in [0.05, 0.1) is 0 Å². The number of halogens is 3. The highest BCUT2D eigenvalue weighted by Gasteiger charge is 2.34. The first-order valence-electron chi connectivity index (χ1n) is 8.10. The Kier molecular flexibility index (Phi) is 6.57. The summed E-state index contributed by atoms with van der Waals surface area (Å²) in [6.45, 7) is 0. The quantitative estimate of drug-likeness (QED) is 0.343. The predicted molar refractivity (Wildman–Crippen MR) is 117 cm³/mol. The van der Waals surface area contributed by atoms with E-state index in [-0.39, 0.29) is 15.1 Å². The minimum Gasteiger partial charge on any atom is -0.307 e. The summed E-state index contributed by atoms with van der Waals surface area (Å²) in [5.74, 6) is 0. The SMILES string of the molecule is O=P(C(/N=C(\Cl)c1ccccc1)=C(Cl)Cl)(c1ccccc1)c1ccccc1. The highest BCUT2D eigenvalue weighted by atomic mass is 35.5. The molecule has 0 fully saturated rings. The number of hydrogen-bond donors (Lipinski definition) is 0. The molecule has 0 aliphatic heterocycles. The van der Waals surface area contributed by atoms with E-state index in [1.807, 2.05) is 66.7 Å². The predicted octanol–water partition coefficient (Wildman–Crippen LogP) is 6.29. The van der Waals surface area contributed by atoms with Crippen LogP contribution in [0.5, 0.6) is 0 Å². The van der Waals surface area contributed by atoms with Crippen LogP contribution in [0.3, 0.4) is 0 Å². The third kappa shape index (κ3) is 4.36. The number of aliphatic imine (C=N–C) groups is 1. The smallest absolute Gasteiger partial charge is 0.190 e. The van der Waals surface area contributed by atoms with Crippen molar-refractivity contribution in [1.82, 2.24) is 0 Å². The van der Waals surface area contributed by atoms with E-state index in [1.54, 1.807) is 24.3 Å². The lowest BCUT2D eigenvalue weighted by Gasteiger charge is -2.20. The molecule has 0 aliphatic carbocycles. The average molecular weight is 435 g/mol. The third-order valence-corrected chi connectivity index (χ3v) is 7.82. The molecule has 0 radical (unpaired) electrons. The Bertz CT molecular complexity index is 972. The van der Waals surface area contributed by atoms with Crippen LogP contribution >= 0.6 is 41.9 Å². The van der Waals surface area contributed by atoms with Gasteiger partial charge in [-0.05, 0) is 0 Å². The zero-order valence-corrected chi connectivity index (χ0v) is 17.3. The number of benzene rings is 3. The summed E-state index contributed by atoms with van der Waals surface area (Å²) >= 11 is 18.7. The molecule has 0 spiro atoms. The van der Waals surface area contributed by atoms with E-state index in [9.17, 15) is 4.57 Å². The first-order valence-corrected chi connectivity index (χ1v) is 10.9. The maximum atomic E-state index is 14.3. The molecule has 0 N–H and O–H groups in total. The van der Waals surface area contributed by atoms with E-state index < -0.39 is 7.14 Å². The van der Waals surface area contributed by atoms with Gasteiger partial charge in [0.15, 0.2) is 7.14 Å². The summed E-state index contributed by atoms with van der Waals surface area (Å²) < 4.78 is 14.2. The topological polar surface area (TPSA) is 29.4 Å². The molecule has 0 amide bonds. The van der Waals surface area contributed by atoms with Gasteiger partial charge in [-0.2, -0.15) is 0 Å². The summed E-state index contributed by atoms with van der Waals surface area (Å²) in [5, 5.41) is 1.31. The maximum absolute atomic E-state index is 14.3. The minimum absolute atomic E-state index is 0.0529. The molecule has 3 aromatic carbocycles. The molecule has 0 unspecified atom stereocenters.